The predicted molar refractivity (Wildman–Crippen MR) is 88.8 cm³/mol. The van der Waals surface area contributed by atoms with E-state index in [4.69, 9.17) is 0 Å². The van der Waals surface area contributed by atoms with Crippen molar-refractivity contribution in [3.8, 4) is 0 Å². The van der Waals surface area contributed by atoms with Crippen LogP contribution in [0.4, 0.5) is 10.1 Å². The molecule has 0 radical (unpaired) electrons. The van der Waals surface area contributed by atoms with E-state index in [1.54, 1.807) is 0 Å². The Morgan fingerprint density at radius 3 is 2.68 bits per heavy atom. The number of nitro groups is 1. The van der Waals surface area contributed by atoms with Gasteiger partial charge in [0.15, 0.2) is 0 Å². The zero-order valence-electron chi connectivity index (χ0n) is 13.4. The number of hydrogen-bond acceptors (Lipinski definition) is 5. The van der Waals surface area contributed by atoms with Crippen molar-refractivity contribution in [3.63, 3.8) is 0 Å². The highest BCUT2D eigenvalue weighted by Crippen LogP contribution is 2.25. The number of hydrogen-bond donors (Lipinski definition) is 2. The van der Waals surface area contributed by atoms with E-state index < -0.39 is 31.3 Å². The summed E-state index contributed by atoms with van der Waals surface area (Å²) in [5.41, 5.74) is 2.27. The Labute approximate surface area is 144 Å². The fraction of sp³-hybridized carbons (Fsp3) is 0.250. The van der Waals surface area contributed by atoms with E-state index in [0.29, 0.717) is 0 Å². The van der Waals surface area contributed by atoms with Gasteiger partial charge in [0, 0.05) is 25.7 Å². The third-order valence-electron chi connectivity index (χ3n) is 4.17. The van der Waals surface area contributed by atoms with Gasteiger partial charge in [0.1, 0.15) is 5.82 Å². The average molecular weight is 365 g/mol. The van der Waals surface area contributed by atoms with Gasteiger partial charge in [-0.25, -0.2) is 17.5 Å². The van der Waals surface area contributed by atoms with Crippen LogP contribution in [0.5, 0.6) is 0 Å². The highest BCUT2D eigenvalue weighted by atomic mass is 32.2. The van der Waals surface area contributed by atoms with Gasteiger partial charge in [0.25, 0.3) is 5.69 Å². The molecule has 0 aliphatic carbocycles. The molecular weight excluding hydrogens is 349 g/mol. The largest absolute Gasteiger partial charge is 0.309 e. The summed E-state index contributed by atoms with van der Waals surface area (Å²) in [5, 5.41) is 14.2. The number of benzene rings is 2. The maximum Gasteiger partial charge on any atom is 0.276 e. The summed E-state index contributed by atoms with van der Waals surface area (Å²) in [6.07, 6.45) is 0. The van der Waals surface area contributed by atoms with Crippen molar-refractivity contribution in [2.45, 2.75) is 31.5 Å². The molecule has 0 atom stereocenters. The van der Waals surface area contributed by atoms with E-state index in [9.17, 15) is 22.9 Å². The summed E-state index contributed by atoms with van der Waals surface area (Å²) in [6, 6.07) is 7.29. The summed E-state index contributed by atoms with van der Waals surface area (Å²) >= 11 is 0. The number of nitrogens with one attached hydrogen (secondary N) is 2. The molecule has 9 heteroatoms. The van der Waals surface area contributed by atoms with Crippen LogP contribution < -0.4 is 10.0 Å². The third kappa shape index (κ3) is 3.53. The molecule has 0 unspecified atom stereocenters. The summed E-state index contributed by atoms with van der Waals surface area (Å²) in [4.78, 5) is 9.69. The molecule has 2 aromatic rings. The Kier molecular flexibility index (Phi) is 4.55. The summed E-state index contributed by atoms with van der Waals surface area (Å²) in [5.74, 6) is -0.932. The van der Waals surface area contributed by atoms with Crippen molar-refractivity contribution in [2.24, 2.45) is 0 Å². The van der Waals surface area contributed by atoms with Gasteiger partial charge in [0.05, 0.1) is 15.4 Å². The average Bonchev–Trinajstić information content (AvgIpc) is 3.02. The second-order valence-electron chi connectivity index (χ2n) is 5.84. The first kappa shape index (κ1) is 17.5. The zero-order valence-corrected chi connectivity index (χ0v) is 14.2. The highest BCUT2D eigenvalue weighted by molar-refractivity contribution is 7.89. The van der Waals surface area contributed by atoms with Crippen LogP contribution in [-0.4, -0.2) is 13.3 Å². The topological polar surface area (TPSA) is 101 Å². The maximum absolute atomic E-state index is 13.8. The molecule has 132 valence electrons. The molecule has 1 heterocycles. The molecular formula is C16H16FN3O4S. The van der Waals surface area contributed by atoms with Crippen LogP contribution in [0.25, 0.3) is 0 Å². The van der Waals surface area contributed by atoms with Crippen molar-refractivity contribution >= 4 is 15.7 Å². The molecule has 3 rings (SSSR count). The SMILES string of the molecule is Cc1c(F)cc(S(=O)(=O)NCc2ccc3c(c2)CNC3)cc1[N+](=O)[O-]. The number of halogens is 1. The minimum absolute atomic E-state index is 0.0128. The lowest BCUT2D eigenvalue weighted by atomic mass is 10.1. The van der Waals surface area contributed by atoms with Crippen molar-refractivity contribution in [2.75, 3.05) is 0 Å². The maximum atomic E-state index is 13.8. The van der Waals surface area contributed by atoms with Crippen LogP contribution in [0.2, 0.25) is 0 Å². The van der Waals surface area contributed by atoms with E-state index in [-0.39, 0.29) is 12.1 Å². The molecule has 0 aromatic heterocycles. The molecule has 0 fully saturated rings. The second-order valence-corrected chi connectivity index (χ2v) is 7.60. The lowest BCUT2D eigenvalue weighted by Crippen LogP contribution is -2.23. The van der Waals surface area contributed by atoms with Crippen molar-refractivity contribution in [1.82, 2.24) is 10.0 Å². The van der Waals surface area contributed by atoms with Crippen LogP contribution in [0.3, 0.4) is 0 Å². The first-order valence-corrected chi connectivity index (χ1v) is 9.02. The Hall–Kier alpha value is -2.36. The van der Waals surface area contributed by atoms with Gasteiger partial charge in [-0.15, -0.1) is 0 Å². The molecule has 1 aliphatic rings. The summed E-state index contributed by atoms with van der Waals surface area (Å²) in [7, 11) is -4.08. The molecule has 25 heavy (non-hydrogen) atoms. The monoisotopic (exact) mass is 365 g/mol. The van der Waals surface area contributed by atoms with Gasteiger partial charge in [-0.05, 0) is 29.7 Å². The van der Waals surface area contributed by atoms with E-state index in [2.05, 4.69) is 10.0 Å². The van der Waals surface area contributed by atoms with Gasteiger partial charge < -0.3 is 5.32 Å². The Morgan fingerprint density at radius 2 is 1.96 bits per heavy atom. The van der Waals surface area contributed by atoms with Gasteiger partial charge in [-0.2, -0.15) is 0 Å². The minimum Gasteiger partial charge on any atom is -0.309 e. The van der Waals surface area contributed by atoms with Gasteiger partial charge >= 0.3 is 0 Å². The second kappa shape index (κ2) is 6.51. The smallest absolute Gasteiger partial charge is 0.276 e. The zero-order chi connectivity index (χ0) is 18.2. The fourth-order valence-corrected chi connectivity index (χ4v) is 3.75. The number of nitrogens with zero attached hydrogens (tertiary/aromatic N) is 1. The van der Waals surface area contributed by atoms with Crippen LogP contribution in [0.1, 0.15) is 22.3 Å². The quantitative estimate of drug-likeness (QED) is 0.624. The van der Waals surface area contributed by atoms with E-state index in [0.717, 1.165) is 36.3 Å². The number of rotatable bonds is 5. The lowest BCUT2D eigenvalue weighted by Gasteiger charge is -2.09. The van der Waals surface area contributed by atoms with Crippen LogP contribution >= 0.6 is 0 Å². The van der Waals surface area contributed by atoms with Gasteiger partial charge in [-0.1, -0.05) is 18.2 Å². The Bertz CT molecular complexity index is 960. The lowest BCUT2D eigenvalue weighted by molar-refractivity contribution is -0.385. The Balaban J connectivity index is 1.84. The first-order valence-electron chi connectivity index (χ1n) is 7.53. The molecule has 0 saturated carbocycles. The molecule has 2 N–H and O–H groups in total. The predicted octanol–water partition coefficient (Wildman–Crippen LogP) is 2.12. The van der Waals surface area contributed by atoms with Gasteiger partial charge in [-0.3, -0.25) is 10.1 Å². The third-order valence-corrected chi connectivity index (χ3v) is 5.55. The molecule has 0 bridgehead atoms. The minimum atomic E-state index is -4.08. The summed E-state index contributed by atoms with van der Waals surface area (Å²) < 4.78 is 40.9. The molecule has 0 saturated heterocycles. The molecule has 0 spiro atoms. The van der Waals surface area contributed by atoms with Crippen LogP contribution in [-0.2, 0) is 29.7 Å². The van der Waals surface area contributed by atoms with E-state index >= 15 is 0 Å². The summed E-state index contributed by atoms with van der Waals surface area (Å²) in [6.45, 7) is 2.76. The first-order chi connectivity index (χ1) is 11.8. The van der Waals surface area contributed by atoms with E-state index in [1.807, 2.05) is 18.2 Å². The standard InChI is InChI=1S/C16H16FN3O4S/c1-10-15(17)5-14(6-16(10)20(21)22)25(23,24)19-7-11-2-3-12-8-18-9-13(12)4-11/h2-6,18-19H,7-9H2,1H3. The number of sulfonamides is 1. The van der Waals surface area contributed by atoms with Crippen LogP contribution in [0, 0.1) is 22.9 Å². The molecule has 0 amide bonds. The van der Waals surface area contributed by atoms with Crippen molar-refractivity contribution < 1.29 is 17.7 Å². The van der Waals surface area contributed by atoms with Crippen LogP contribution in [0.15, 0.2) is 35.2 Å². The molecule has 1 aliphatic heterocycles. The van der Waals surface area contributed by atoms with Crippen molar-refractivity contribution in [1.29, 1.82) is 0 Å². The number of fused-ring (bicyclic) bond motifs is 1. The van der Waals surface area contributed by atoms with Crippen molar-refractivity contribution in [3.05, 3.63) is 68.5 Å². The fourth-order valence-electron chi connectivity index (χ4n) is 2.70. The number of nitro benzene ring substituents is 1. The van der Waals surface area contributed by atoms with Gasteiger partial charge in [0.2, 0.25) is 10.0 Å². The molecule has 2 aromatic carbocycles. The normalized spacial score (nSPS) is 13.7. The molecule has 7 nitrogen and oxygen atoms in total. The Morgan fingerprint density at radius 1 is 1.24 bits per heavy atom. The highest BCUT2D eigenvalue weighted by Gasteiger charge is 2.23. The van der Waals surface area contributed by atoms with E-state index in [1.165, 1.54) is 12.5 Å².